The molecule has 0 radical (unpaired) electrons. The lowest BCUT2D eigenvalue weighted by molar-refractivity contribution is 0.0620. The monoisotopic (exact) mass is 380 g/mol. The number of piperidine rings is 3. The molecule has 0 aliphatic carbocycles. The minimum atomic E-state index is -0.114. The van der Waals surface area contributed by atoms with Crippen LogP contribution in [0.4, 0.5) is 0 Å². The van der Waals surface area contributed by atoms with E-state index in [0.29, 0.717) is 15.9 Å². The van der Waals surface area contributed by atoms with E-state index in [1.807, 2.05) is 24.3 Å². The van der Waals surface area contributed by atoms with Crippen LogP contribution in [0.25, 0.3) is 0 Å². The lowest BCUT2D eigenvalue weighted by atomic mass is 9.84. The third kappa shape index (κ3) is 3.44. The molecule has 3 aliphatic rings. The van der Waals surface area contributed by atoms with Crippen molar-refractivity contribution in [2.45, 2.75) is 28.1 Å². The van der Waals surface area contributed by atoms with Crippen molar-refractivity contribution in [3.8, 4) is 0 Å². The molecule has 1 aromatic heterocycles. The number of hydrogen-bond acceptors (Lipinski definition) is 6. The Morgan fingerprint density at radius 2 is 2.08 bits per heavy atom. The molecule has 2 aromatic rings. The lowest BCUT2D eigenvalue weighted by Gasteiger charge is -2.44. The molecule has 4 heterocycles. The van der Waals surface area contributed by atoms with E-state index in [0.717, 1.165) is 28.9 Å². The zero-order valence-electron chi connectivity index (χ0n) is 12.9. The molecule has 2 bridgehead atoms. The minimum Gasteiger partial charge on any atom is -0.346 e. The number of hydrogen-bond donors (Lipinski definition) is 1. The highest BCUT2D eigenvalue weighted by atomic mass is 35.5. The van der Waals surface area contributed by atoms with Gasteiger partial charge in [-0.15, -0.1) is 10.2 Å². The maximum absolute atomic E-state index is 12.5. The first-order chi connectivity index (χ1) is 11.7. The number of carbonyl (C=O) groups is 1. The van der Waals surface area contributed by atoms with Gasteiger partial charge in [0.25, 0.3) is 5.91 Å². The second kappa shape index (κ2) is 7.00. The predicted octanol–water partition coefficient (Wildman–Crippen LogP) is 3.17. The van der Waals surface area contributed by atoms with Crippen LogP contribution < -0.4 is 5.32 Å². The molecule has 24 heavy (non-hydrogen) atoms. The topological polar surface area (TPSA) is 58.1 Å². The first-order valence-electron chi connectivity index (χ1n) is 7.98. The fourth-order valence-corrected chi connectivity index (χ4v) is 5.31. The molecular weight excluding hydrogens is 364 g/mol. The summed E-state index contributed by atoms with van der Waals surface area (Å²) in [4.78, 5) is 15.8. The van der Waals surface area contributed by atoms with E-state index < -0.39 is 0 Å². The molecule has 1 aromatic carbocycles. The van der Waals surface area contributed by atoms with Gasteiger partial charge < -0.3 is 10.2 Å². The molecule has 3 aliphatic heterocycles. The molecule has 5 nitrogen and oxygen atoms in total. The van der Waals surface area contributed by atoms with Gasteiger partial charge in [0, 0.05) is 17.5 Å². The second-order valence-electron chi connectivity index (χ2n) is 6.12. The van der Waals surface area contributed by atoms with Crippen molar-refractivity contribution in [3.63, 3.8) is 0 Å². The predicted molar refractivity (Wildman–Crippen MR) is 95.9 cm³/mol. The van der Waals surface area contributed by atoms with Crippen molar-refractivity contribution in [2.24, 2.45) is 5.92 Å². The number of carbonyl (C=O) groups excluding carboxylic acids is 1. The van der Waals surface area contributed by atoms with Crippen molar-refractivity contribution in [2.75, 3.05) is 19.6 Å². The average molecular weight is 381 g/mol. The third-order valence-electron chi connectivity index (χ3n) is 4.61. The van der Waals surface area contributed by atoms with Crippen molar-refractivity contribution >= 4 is 40.6 Å². The summed E-state index contributed by atoms with van der Waals surface area (Å²) in [6.45, 7) is 3.28. The Hall–Kier alpha value is -1.15. The molecule has 5 rings (SSSR count). The van der Waals surface area contributed by atoms with E-state index in [-0.39, 0.29) is 11.9 Å². The van der Waals surface area contributed by atoms with E-state index in [2.05, 4.69) is 20.4 Å². The van der Waals surface area contributed by atoms with Crippen molar-refractivity contribution in [1.82, 2.24) is 20.4 Å². The Bertz CT molecular complexity index is 745. The van der Waals surface area contributed by atoms with Gasteiger partial charge in [-0.1, -0.05) is 46.8 Å². The summed E-state index contributed by atoms with van der Waals surface area (Å²) in [5.74, 6) is 0.487. The average Bonchev–Trinajstić information content (AvgIpc) is 3.07. The van der Waals surface area contributed by atoms with Gasteiger partial charge in [0.05, 0.1) is 5.02 Å². The summed E-state index contributed by atoms with van der Waals surface area (Å²) in [6.07, 6.45) is 2.35. The highest BCUT2D eigenvalue weighted by Crippen LogP contribution is 2.34. The van der Waals surface area contributed by atoms with Gasteiger partial charge in [0.15, 0.2) is 4.34 Å². The normalized spacial score (nSPS) is 25.6. The summed E-state index contributed by atoms with van der Waals surface area (Å²) in [5, 5.41) is 12.4. The molecule has 8 heteroatoms. The summed E-state index contributed by atoms with van der Waals surface area (Å²) in [7, 11) is 0. The van der Waals surface area contributed by atoms with E-state index in [4.69, 9.17) is 11.6 Å². The Morgan fingerprint density at radius 1 is 1.29 bits per heavy atom. The molecule has 3 saturated heterocycles. The summed E-state index contributed by atoms with van der Waals surface area (Å²) in [6, 6.07) is 7.83. The number of fused-ring (bicyclic) bond motifs is 3. The zero-order chi connectivity index (χ0) is 16.5. The molecule has 126 valence electrons. The number of aromatic nitrogens is 2. The summed E-state index contributed by atoms with van der Waals surface area (Å²) in [5.41, 5.74) is 0. The fourth-order valence-electron chi connectivity index (χ4n) is 3.32. The molecule has 0 unspecified atom stereocenters. The number of benzene rings is 1. The van der Waals surface area contributed by atoms with Crippen LogP contribution >= 0.6 is 34.7 Å². The Labute approximate surface area is 153 Å². The fraction of sp³-hybridized carbons (Fsp3) is 0.438. The summed E-state index contributed by atoms with van der Waals surface area (Å²) >= 11 is 8.91. The van der Waals surface area contributed by atoms with Crippen LogP contribution in [0.1, 0.15) is 22.6 Å². The van der Waals surface area contributed by atoms with Crippen LogP contribution in [0.2, 0.25) is 5.02 Å². The van der Waals surface area contributed by atoms with Crippen molar-refractivity contribution in [3.05, 3.63) is 34.3 Å². The third-order valence-corrected chi connectivity index (χ3v) is 7.10. The first kappa shape index (κ1) is 16.3. The maximum Gasteiger partial charge on any atom is 0.282 e. The largest absolute Gasteiger partial charge is 0.346 e. The minimum absolute atomic E-state index is 0.114. The van der Waals surface area contributed by atoms with E-state index in [1.165, 1.54) is 35.9 Å². The SMILES string of the molecule is O=C(N[C@H]1CN2CCC1CC2)c1nnc(Sc2ccccc2Cl)s1. The van der Waals surface area contributed by atoms with Gasteiger partial charge in [-0.2, -0.15) is 0 Å². The summed E-state index contributed by atoms with van der Waals surface area (Å²) < 4.78 is 0.724. The quantitative estimate of drug-likeness (QED) is 0.882. The van der Waals surface area contributed by atoms with E-state index in [1.54, 1.807) is 0 Å². The Morgan fingerprint density at radius 3 is 2.79 bits per heavy atom. The second-order valence-corrected chi connectivity index (χ2v) is 8.80. The first-order valence-corrected chi connectivity index (χ1v) is 9.99. The van der Waals surface area contributed by atoms with Gasteiger partial charge >= 0.3 is 0 Å². The number of nitrogens with zero attached hydrogens (tertiary/aromatic N) is 3. The van der Waals surface area contributed by atoms with Gasteiger partial charge in [-0.3, -0.25) is 4.79 Å². The molecule has 1 atom stereocenters. The van der Waals surface area contributed by atoms with Crippen LogP contribution in [0.5, 0.6) is 0 Å². The highest BCUT2D eigenvalue weighted by molar-refractivity contribution is 8.01. The molecule has 0 saturated carbocycles. The van der Waals surface area contributed by atoms with Crippen LogP contribution in [0.3, 0.4) is 0 Å². The molecular formula is C16H17ClN4OS2. The van der Waals surface area contributed by atoms with E-state index in [9.17, 15) is 4.79 Å². The van der Waals surface area contributed by atoms with Crippen molar-refractivity contribution < 1.29 is 4.79 Å². The lowest BCUT2D eigenvalue weighted by Crippen LogP contribution is -2.57. The maximum atomic E-state index is 12.5. The van der Waals surface area contributed by atoms with Crippen LogP contribution in [-0.2, 0) is 0 Å². The standard InChI is InChI=1S/C16H17ClN4OS2/c17-11-3-1-2-4-13(11)23-16-20-19-15(24-16)14(22)18-12-9-21-7-5-10(12)6-8-21/h1-4,10,12H,5-9H2,(H,18,22)/t12-/m0/s1. The van der Waals surface area contributed by atoms with Gasteiger partial charge in [0.2, 0.25) is 5.01 Å². The Kier molecular flexibility index (Phi) is 4.76. The van der Waals surface area contributed by atoms with E-state index >= 15 is 0 Å². The number of rotatable bonds is 4. The molecule has 3 fully saturated rings. The van der Waals surface area contributed by atoms with Gasteiger partial charge in [0.1, 0.15) is 0 Å². The zero-order valence-corrected chi connectivity index (χ0v) is 15.3. The molecule has 0 spiro atoms. The van der Waals surface area contributed by atoms with Gasteiger partial charge in [-0.25, -0.2) is 0 Å². The highest BCUT2D eigenvalue weighted by Gasteiger charge is 2.35. The Balaban J connectivity index is 1.41. The van der Waals surface area contributed by atoms with Crippen LogP contribution in [-0.4, -0.2) is 46.7 Å². The molecule has 1 N–H and O–H groups in total. The number of amides is 1. The molecule has 1 amide bonds. The van der Waals surface area contributed by atoms with Crippen molar-refractivity contribution in [1.29, 1.82) is 0 Å². The van der Waals surface area contributed by atoms with Crippen LogP contribution in [0.15, 0.2) is 33.5 Å². The number of halogens is 1. The number of nitrogens with one attached hydrogen (secondary N) is 1. The van der Waals surface area contributed by atoms with Crippen LogP contribution in [0, 0.1) is 5.92 Å². The smallest absolute Gasteiger partial charge is 0.282 e. The van der Waals surface area contributed by atoms with Gasteiger partial charge in [-0.05, 0) is 44.0 Å².